The zero-order chi connectivity index (χ0) is 20.5. The number of unbranched alkanes of at least 4 members (excludes halogenated alkanes) is 2. The van der Waals surface area contributed by atoms with Crippen LogP contribution in [0.4, 0.5) is 13.2 Å². The standard InChI is InChI=1S/C17H24F3NO5S/c1-2-3-4-9-27(24,25)12-16(23)21-10-14(22)11-26-15-7-5-13(6-8-15)17(18,19)20/h5-8,14,22H,2-4,9-12H2,1H3,(H,21,23). The molecule has 0 radical (unpaired) electrons. The van der Waals surface area contributed by atoms with Crippen molar-refractivity contribution < 1.29 is 36.2 Å². The number of carbonyl (C=O) groups excluding carboxylic acids is 1. The van der Waals surface area contributed by atoms with Gasteiger partial charge in [-0.15, -0.1) is 0 Å². The van der Waals surface area contributed by atoms with E-state index in [1.54, 1.807) is 0 Å². The zero-order valence-corrected chi connectivity index (χ0v) is 15.8. The largest absolute Gasteiger partial charge is 0.491 e. The summed E-state index contributed by atoms with van der Waals surface area (Å²) in [5.41, 5.74) is -0.817. The molecule has 0 aliphatic rings. The van der Waals surface area contributed by atoms with Crippen molar-refractivity contribution in [2.45, 2.75) is 38.5 Å². The highest BCUT2D eigenvalue weighted by Crippen LogP contribution is 2.30. The Morgan fingerprint density at radius 1 is 1.22 bits per heavy atom. The fourth-order valence-electron chi connectivity index (χ4n) is 2.12. The van der Waals surface area contributed by atoms with E-state index in [1.807, 2.05) is 6.92 Å². The minimum atomic E-state index is -4.45. The predicted octanol–water partition coefficient (Wildman–Crippen LogP) is 2.17. The van der Waals surface area contributed by atoms with Gasteiger partial charge in [0.15, 0.2) is 9.84 Å². The average Bonchev–Trinajstić information content (AvgIpc) is 2.57. The van der Waals surface area contributed by atoms with Crippen molar-refractivity contribution in [3.63, 3.8) is 0 Å². The van der Waals surface area contributed by atoms with Crippen LogP contribution in [0.2, 0.25) is 0 Å². The number of rotatable bonds is 11. The monoisotopic (exact) mass is 411 g/mol. The van der Waals surface area contributed by atoms with Crippen LogP contribution >= 0.6 is 0 Å². The molecule has 0 heterocycles. The number of benzene rings is 1. The highest BCUT2D eigenvalue weighted by molar-refractivity contribution is 7.92. The molecule has 1 rings (SSSR count). The van der Waals surface area contributed by atoms with E-state index in [0.717, 1.165) is 37.1 Å². The van der Waals surface area contributed by atoms with Crippen LogP contribution in [0, 0.1) is 0 Å². The number of hydrogen-bond acceptors (Lipinski definition) is 5. The molecule has 0 aliphatic heterocycles. The quantitative estimate of drug-likeness (QED) is 0.545. The number of carbonyl (C=O) groups is 1. The summed E-state index contributed by atoms with van der Waals surface area (Å²) in [7, 11) is -3.49. The number of halogens is 3. The maximum Gasteiger partial charge on any atom is 0.416 e. The summed E-state index contributed by atoms with van der Waals surface area (Å²) in [5.74, 6) is -1.30. The van der Waals surface area contributed by atoms with Crippen molar-refractivity contribution in [2.75, 3.05) is 24.7 Å². The second kappa shape index (κ2) is 10.5. The fourth-order valence-corrected chi connectivity index (χ4v) is 3.41. The van der Waals surface area contributed by atoms with Gasteiger partial charge in [-0.1, -0.05) is 19.8 Å². The molecule has 0 fully saturated rings. The first-order valence-corrected chi connectivity index (χ1v) is 10.3. The minimum absolute atomic E-state index is 0.0617. The van der Waals surface area contributed by atoms with Crippen LogP contribution in [-0.4, -0.2) is 50.2 Å². The lowest BCUT2D eigenvalue weighted by Crippen LogP contribution is -2.38. The lowest BCUT2D eigenvalue weighted by molar-refractivity contribution is -0.137. The van der Waals surface area contributed by atoms with Gasteiger partial charge in [0.25, 0.3) is 0 Å². The lowest BCUT2D eigenvalue weighted by atomic mass is 10.2. The molecule has 2 N–H and O–H groups in total. The third-order valence-corrected chi connectivity index (χ3v) is 5.18. The Labute approximate surface area is 156 Å². The molecule has 1 unspecified atom stereocenters. The second-order valence-electron chi connectivity index (χ2n) is 6.09. The summed E-state index contributed by atoms with van der Waals surface area (Å²) < 4.78 is 66.0. The fraction of sp³-hybridized carbons (Fsp3) is 0.588. The van der Waals surface area contributed by atoms with Crippen LogP contribution in [0.5, 0.6) is 5.75 Å². The van der Waals surface area contributed by atoms with Crippen molar-refractivity contribution in [3.05, 3.63) is 29.8 Å². The van der Waals surface area contributed by atoms with Gasteiger partial charge in [-0.05, 0) is 30.7 Å². The van der Waals surface area contributed by atoms with E-state index in [1.165, 1.54) is 0 Å². The summed E-state index contributed by atoms with van der Waals surface area (Å²) in [6, 6.07) is 3.95. The first kappa shape index (κ1) is 23.2. The van der Waals surface area contributed by atoms with E-state index in [9.17, 15) is 31.5 Å². The number of ether oxygens (including phenoxy) is 1. The van der Waals surface area contributed by atoms with Crippen molar-refractivity contribution in [1.29, 1.82) is 0 Å². The van der Waals surface area contributed by atoms with Gasteiger partial charge in [-0.2, -0.15) is 13.2 Å². The topological polar surface area (TPSA) is 92.7 Å². The first-order valence-electron chi connectivity index (χ1n) is 8.48. The Kier molecular flexibility index (Phi) is 9.04. The van der Waals surface area contributed by atoms with Gasteiger partial charge in [0.05, 0.1) is 11.3 Å². The number of amides is 1. The third kappa shape index (κ3) is 9.62. The van der Waals surface area contributed by atoms with Crippen LogP contribution in [0.25, 0.3) is 0 Å². The Morgan fingerprint density at radius 2 is 1.85 bits per heavy atom. The van der Waals surface area contributed by atoms with E-state index >= 15 is 0 Å². The molecular weight excluding hydrogens is 387 g/mol. The molecule has 1 aromatic rings. The van der Waals surface area contributed by atoms with Crippen molar-refractivity contribution in [3.8, 4) is 5.75 Å². The van der Waals surface area contributed by atoms with Gasteiger partial charge in [-0.25, -0.2) is 8.42 Å². The molecular formula is C17H24F3NO5S. The Morgan fingerprint density at radius 3 is 2.41 bits per heavy atom. The maximum absolute atomic E-state index is 12.5. The van der Waals surface area contributed by atoms with Gasteiger partial charge >= 0.3 is 6.18 Å². The summed E-state index contributed by atoms with van der Waals surface area (Å²) >= 11 is 0. The number of nitrogens with one attached hydrogen (secondary N) is 1. The van der Waals surface area contributed by atoms with E-state index < -0.39 is 39.3 Å². The molecule has 27 heavy (non-hydrogen) atoms. The summed E-state index contributed by atoms with van der Waals surface area (Å²) in [5, 5.41) is 12.0. The Hall–Kier alpha value is -1.81. The van der Waals surface area contributed by atoms with Crippen LogP contribution < -0.4 is 10.1 Å². The molecule has 0 bridgehead atoms. The lowest BCUT2D eigenvalue weighted by Gasteiger charge is -2.14. The van der Waals surface area contributed by atoms with Crippen LogP contribution in [-0.2, 0) is 20.8 Å². The predicted molar refractivity (Wildman–Crippen MR) is 94.1 cm³/mol. The van der Waals surface area contributed by atoms with E-state index in [2.05, 4.69) is 5.32 Å². The molecule has 1 amide bonds. The summed E-state index contributed by atoms with van der Waals surface area (Å²) in [4.78, 5) is 11.7. The van der Waals surface area contributed by atoms with Crippen molar-refractivity contribution in [2.24, 2.45) is 0 Å². The number of alkyl halides is 3. The third-order valence-electron chi connectivity index (χ3n) is 3.57. The first-order chi connectivity index (χ1) is 12.5. The molecule has 0 spiro atoms. The normalized spacial score (nSPS) is 13.2. The summed E-state index contributed by atoms with van der Waals surface area (Å²) in [6.07, 6.45) is -3.46. The number of aliphatic hydroxyl groups excluding tert-OH is 1. The average molecular weight is 411 g/mol. The van der Waals surface area contributed by atoms with E-state index in [0.29, 0.717) is 6.42 Å². The van der Waals surface area contributed by atoms with Crippen molar-refractivity contribution >= 4 is 15.7 Å². The molecule has 1 aromatic carbocycles. The zero-order valence-electron chi connectivity index (χ0n) is 15.0. The Bertz CT molecular complexity index is 690. The maximum atomic E-state index is 12.5. The van der Waals surface area contributed by atoms with Crippen LogP contribution in [0.3, 0.4) is 0 Å². The van der Waals surface area contributed by atoms with Gasteiger partial charge in [0.1, 0.15) is 24.2 Å². The van der Waals surface area contributed by atoms with Crippen LogP contribution in [0.15, 0.2) is 24.3 Å². The molecule has 10 heteroatoms. The highest BCUT2D eigenvalue weighted by atomic mass is 32.2. The Balaban J connectivity index is 2.34. The highest BCUT2D eigenvalue weighted by Gasteiger charge is 2.30. The van der Waals surface area contributed by atoms with Gasteiger partial charge in [0.2, 0.25) is 5.91 Å². The van der Waals surface area contributed by atoms with Crippen LogP contribution in [0.1, 0.15) is 31.7 Å². The minimum Gasteiger partial charge on any atom is -0.491 e. The SMILES string of the molecule is CCCCCS(=O)(=O)CC(=O)NCC(O)COc1ccc(C(F)(F)F)cc1. The molecule has 154 valence electrons. The van der Waals surface area contributed by atoms with E-state index in [4.69, 9.17) is 4.74 Å². The van der Waals surface area contributed by atoms with E-state index in [-0.39, 0.29) is 24.7 Å². The number of aliphatic hydroxyl groups is 1. The smallest absolute Gasteiger partial charge is 0.416 e. The molecule has 0 aromatic heterocycles. The second-order valence-corrected chi connectivity index (χ2v) is 8.27. The van der Waals surface area contributed by atoms with Gasteiger partial charge < -0.3 is 15.2 Å². The van der Waals surface area contributed by atoms with Crippen molar-refractivity contribution in [1.82, 2.24) is 5.32 Å². The van der Waals surface area contributed by atoms with Gasteiger partial charge in [-0.3, -0.25) is 4.79 Å². The number of hydrogen-bond donors (Lipinski definition) is 2. The molecule has 0 saturated carbocycles. The molecule has 0 saturated heterocycles. The molecule has 1 atom stereocenters. The summed E-state index contributed by atoms with van der Waals surface area (Å²) in [6.45, 7) is 1.44. The molecule has 6 nitrogen and oxygen atoms in total. The van der Waals surface area contributed by atoms with Gasteiger partial charge in [0, 0.05) is 6.54 Å². The molecule has 0 aliphatic carbocycles. The number of sulfone groups is 1.